The number of carbonyl (C=O) groups excluding carboxylic acids is 1. The van der Waals surface area contributed by atoms with Crippen molar-refractivity contribution in [1.82, 2.24) is 19.4 Å². The van der Waals surface area contributed by atoms with E-state index in [0.717, 1.165) is 38.2 Å². The number of imidazole rings is 1. The first kappa shape index (κ1) is 20.8. The maximum atomic E-state index is 13.4. The van der Waals surface area contributed by atoms with Crippen molar-refractivity contribution in [2.24, 2.45) is 0 Å². The summed E-state index contributed by atoms with van der Waals surface area (Å²) in [5.41, 5.74) is 3.66. The van der Waals surface area contributed by atoms with Crippen LogP contribution in [0.1, 0.15) is 30.4 Å². The SMILES string of the molecule is O=C(Cn1ccnc1)N1Cc2ccccc2NCC[C@@H]2CC[C@H](C1)N2Cc1ccccc1. The molecule has 2 bridgehead atoms. The summed E-state index contributed by atoms with van der Waals surface area (Å²) in [4.78, 5) is 22.2. The molecule has 2 aromatic carbocycles. The van der Waals surface area contributed by atoms with Gasteiger partial charge in [0.15, 0.2) is 0 Å². The van der Waals surface area contributed by atoms with Crippen molar-refractivity contribution >= 4 is 11.6 Å². The number of nitrogens with zero attached hydrogens (tertiary/aromatic N) is 4. The number of nitrogens with one attached hydrogen (secondary N) is 1. The van der Waals surface area contributed by atoms with Gasteiger partial charge in [-0.3, -0.25) is 9.69 Å². The Morgan fingerprint density at radius 1 is 1.00 bits per heavy atom. The van der Waals surface area contributed by atoms with Crippen LogP contribution in [0, 0.1) is 0 Å². The Kier molecular flexibility index (Phi) is 6.21. The van der Waals surface area contributed by atoms with E-state index >= 15 is 0 Å². The van der Waals surface area contributed by atoms with Gasteiger partial charge in [-0.15, -0.1) is 0 Å². The van der Waals surface area contributed by atoms with Gasteiger partial charge < -0.3 is 14.8 Å². The number of hydrogen-bond acceptors (Lipinski definition) is 4. The predicted molar refractivity (Wildman–Crippen MR) is 126 cm³/mol. The summed E-state index contributed by atoms with van der Waals surface area (Å²) < 4.78 is 1.86. The van der Waals surface area contributed by atoms with E-state index in [9.17, 15) is 4.79 Å². The number of hydrogen-bond donors (Lipinski definition) is 1. The maximum absolute atomic E-state index is 13.4. The first-order chi connectivity index (χ1) is 15.8. The van der Waals surface area contributed by atoms with E-state index in [1.807, 2.05) is 10.8 Å². The standard InChI is InChI=1S/C26H31N5O/c32-26(19-29-15-14-27-20-29)30-17-22-8-4-5-9-25(22)28-13-12-23-10-11-24(18-30)31(23)16-21-6-2-1-3-7-21/h1-9,14-15,20,23-24,28H,10-13,16-19H2/t23-,24+/m0/s1. The fraction of sp³-hybridized carbons (Fsp3) is 0.385. The largest absolute Gasteiger partial charge is 0.385 e. The molecule has 2 aliphatic rings. The molecule has 1 saturated heterocycles. The molecule has 2 aliphatic heterocycles. The number of benzene rings is 2. The number of rotatable bonds is 4. The third-order valence-electron chi connectivity index (χ3n) is 6.81. The number of aromatic nitrogens is 2. The van der Waals surface area contributed by atoms with Crippen LogP contribution in [-0.4, -0.2) is 50.4 Å². The fourth-order valence-electron chi connectivity index (χ4n) is 5.13. The van der Waals surface area contributed by atoms with Gasteiger partial charge in [0.2, 0.25) is 5.91 Å². The summed E-state index contributed by atoms with van der Waals surface area (Å²) in [6, 6.07) is 20.0. The molecule has 2 atom stereocenters. The predicted octanol–water partition coefficient (Wildman–Crippen LogP) is 3.76. The van der Waals surface area contributed by atoms with E-state index in [1.54, 1.807) is 12.5 Å². The Labute approximate surface area is 189 Å². The van der Waals surface area contributed by atoms with Crippen LogP contribution in [0.15, 0.2) is 73.3 Å². The Hall–Kier alpha value is -3.12. The second-order valence-corrected chi connectivity index (χ2v) is 8.92. The Bertz CT molecular complexity index is 1020. The van der Waals surface area contributed by atoms with Crippen LogP contribution in [0.3, 0.4) is 0 Å². The smallest absolute Gasteiger partial charge is 0.242 e. The quantitative estimate of drug-likeness (QED) is 0.686. The van der Waals surface area contributed by atoms with Gasteiger partial charge in [-0.05, 0) is 36.5 Å². The second kappa shape index (κ2) is 9.57. The lowest BCUT2D eigenvalue weighted by Gasteiger charge is -2.34. The van der Waals surface area contributed by atoms with Gasteiger partial charge in [-0.2, -0.15) is 0 Å². The highest BCUT2D eigenvalue weighted by Gasteiger charge is 2.35. The molecule has 1 N–H and O–H groups in total. The minimum Gasteiger partial charge on any atom is -0.385 e. The maximum Gasteiger partial charge on any atom is 0.242 e. The van der Waals surface area contributed by atoms with Crippen molar-refractivity contribution in [3.8, 4) is 0 Å². The molecule has 0 unspecified atom stereocenters. The minimum absolute atomic E-state index is 0.139. The van der Waals surface area contributed by atoms with Crippen LogP contribution in [0.2, 0.25) is 0 Å². The summed E-state index contributed by atoms with van der Waals surface area (Å²) in [7, 11) is 0. The summed E-state index contributed by atoms with van der Waals surface area (Å²) in [6.07, 6.45) is 8.72. The molecule has 0 saturated carbocycles. The van der Waals surface area contributed by atoms with E-state index in [1.165, 1.54) is 17.5 Å². The number of carbonyl (C=O) groups is 1. The summed E-state index contributed by atoms with van der Waals surface area (Å²) in [6.45, 7) is 3.59. The highest BCUT2D eigenvalue weighted by atomic mass is 16.2. The summed E-state index contributed by atoms with van der Waals surface area (Å²) in [5, 5.41) is 3.65. The van der Waals surface area contributed by atoms with Crippen LogP contribution in [-0.2, 0) is 24.4 Å². The topological polar surface area (TPSA) is 53.4 Å². The minimum atomic E-state index is 0.139. The second-order valence-electron chi connectivity index (χ2n) is 8.92. The fourth-order valence-corrected chi connectivity index (χ4v) is 5.13. The molecule has 1 aromatic heterocycles. The van der Waals surface area contributed by atoms with Crippen LogP contribution in [0.4, 0.5) is 5.69 Å². The summed E-state index contributed by atoms with van der Waals surface area (Å²) >= 11 is 0. The van der Waals surface area contributed by atoms with Crippen LogP contribution in [0.25, 0.3) is 0 Å². The van der Waals surface area contributed by atoms with Crippen LogP contribution >= 0.6 is 0 Å². The lowest BCUT2D eigenvalue weighted by atomic mass is 10.1. The van der Waals surface area contributed by atoms with Crippen LogP contribution < -0.4 is 5.32 Å². The number of amides is 1. The van der Waals surface area contributed by atoms with Gasteiger partial charge in [0.05, 0.1) is 6.33 Å². The van der Waals surface area contributed by atoms with Crippen molar-refractivity contribution in [2.75, 3.05) is 18.4 Å². The van der Waals surface area contributed by atoms with Gasteiger partial charge in [-0.25, -0.2) is 4.98 Å². The normalized spacial score (nSPS) is 21.4. The molecule has 1 amide bonds. The number of fused-ring (bicyclic) bond motifs is 3. The zero-order chi connectivity index (χ0) is 21.8. The van der Waals surface area contributed by atoms with Gasteiger partial charge in [0.25, 0.3) is 0 Å². The Balaban J connectivity index is 1.43. The monoisotopic (exact) mass is 429 g/mol. The van der Waals surface area contributed by atoms with Crippen molar-refractivity contribution in [3.05, 3.63) is 84.4 Å². The average molecular weight is 430 g/mol. The molecule has 0 spiro atoms. The zero-order valence-corrected chi connectivity index (χ0v) is 18.4. The molecular weight excluding hydrogens is 398 g/mol. The lowest BCUT2D eigenvalue weighted by Crippen LogP contribution is -2.45. The molecule has 166 valence electrons. The first-order valence-electron chi connectivity index (χ1n) is 11.6. The van der Waals surface area contributed by atoms with Gasteiger partial charge in [-0.1, -0.05) is 48.5 Å². The van der Waals surface area contributed by atoms with Crippen molar-refractivity contribution < 1.29 is 4.79 Å². The summed E-state index contributed by atoms with van der Waals surface area (Å²) in [5.74, 6) is 0.139. The zero-order valence-electron chi connectivity index (χ0n) is 18.4. The van der Waals surface area contributed by atoms with E-state index in [2.05, 4.69) is 74.7 Å². The Morgan fingerprint density at radius 3 is 2.66 bits per heavy atom. The van der Waals surface area contributed by atoms with E-state index in [4.69, 9.17) is 0 Å². The molecular formula is C26H31N5O. The average Bonchev–Trinajstić information content (AvgIpc) is 3.44. The lowest BCUT2D eigenvalue weighted by molar-refractivity contribution is -0.133. The molecule has 1 fully saturated rings. The molecule has 0 radical (unpaired) electrons. The van der Waals surface area contributed by atoms with Crippen molar-refractivity contribution in [1.29, 1.82) is 0 Å². The molecule has 5 rings (SSSR count). The van der Waals surface area contributed by atoms with E-state index in [-0.39, 0.29) is 5.91 Å². The third-order valence-corrected chi connectivity index (χ3v) is 6.81. The molecule has 3 aromatic rings. The molecule has 6 nitrogen and oxygen atoms in total. The van der Waals surface area contributed by atoms with Gasteiger partial charge in [0.1, 0.15) is 6.54 Å². The number of anilines is 1. The Morgan fingerprint density at radius 2 is 1.81 bits per heavy atom. The van der Waals surface area contributed by atoms with Gasteiger partial charge in [0, 0.05) is 56.3 Å². The van der Waals surface area contributed by atoms with Gasteiger partial charge >= 0.3 is 0 Å². The number of para-hydroxylation sites is 1. The highest BCUT2D eigenvalue weighted by molar-refractivity contribution is 5.76. The molecule has 0 aliphatic carbocycles. The molecule has 3 heterocycles. The molecule has 6 heteroatoms. The van der Waals surface area contributed by atoms with E-state index in [0.29, 0.717) is 25.2 Å². The first-order valence-corrected chi connectivity index (χ1v) is 11.6. The van der Waals surface area contributed by atoms with Crippen molar-refractivity contribution in [3.63, 3.8) is 0 Å². The van der Waals surface area contributed by atoms with E-state index < -0.39 is 0 Å². The van der Waals surface area contributed by atoms with Crippen LogP contribution in [0.5, 0.6) is 0 Å². The third kappa shape index (κ3) is 4.70. The molecule has 32 heavy (non-hydrogen) atoms. The van der Waals surface area contributed by atoms with Crippen molar-refractivity contribution in [2.45, 2.75) is 51.0 Å². The highest BCUT2D eigenvalue weighted by Crippen LogP contribution is 2.31.